The molecule has 1 aliphatic heterocycles. The number of anilines is 1. The van der Waals surface area contributed by atoms with E-state index in [4.69, 9.17) is 6.57 Å². The quantitative estimate of drug-likeness (QED) is 0.0861. The number of carbonyl (C=O) groups is 2. The molecule has 0 saturated carbocycles. The van der Waals surface area contributed by atoms with E-state index in [1.54, 1.807) is 140 Å². The summed E-state index contributed by atoms with van der Waals surface area (Å²) in [5, 5.41) is 21.6. The Balaban J connectivity index is 1.48. The maximum Gasteiger partial charge on any atom is 0.276 e. The summed E-state index contributed by atoms with van der Waals surface area (Å²) in [5.74, 6) is -1.65. The van der Waals surface area contributed by atoms with E-state index in [0.29, 0.717) is 22.5 Å². The van der Waals surface area contributed by atoms with Gasteiger partial charge in [0.05, 0.1) is 17.9 Å². The van der Waals surface area contributed by atoms with Crippen molar-refractivity contribution in [2.24, 2.45) is 0 Å². The van der Waals surface area contributed by atoms with Gasteiger partial charge >= 0.3 is 0 Å². The summed E-state index contributed by atoms with van der Waals surface area (Å²) in [6.07, 6.45) is 7.92. The Labute approximate surface area is 282 Å². The van der Waals surface area contributed by atoms with E-state index in [2.05, 4.69) is 4.85 Å². The number of aromatic nitrogens is 1. The fraction of sp³-hybridized carbons (Fsp3) is 0. The SMILES string of the molecule is [C-]#[N+]C1=C(c2ccccc2)/C(=C/C=CC=Cc2c(-c3ccccc3)c(C#N)c(=O)n(-c3ccccc3)c2O)C(=O)N(c2ccccc2)C1=O. The van der Waals surface area contributed by atoms with Gasteiger partial charge in [0.15, 0.2) is 0 Å². The van der Waals surface area contributed by atoms with Crippen molar-refractivity contribution in [1.82, 2.24) is 4.57 Å². The van der Waals surface area contributed by atoms with Crippen molar-refractivity contribution in [3.63, 3.8) is 0 Å². The fourth-order valence-corrected chi connectivity index (χ4v) is 5.66. The third-order valence-electron chi connectivity index (χ3n) is 7.86. The van der Waals surface area contributed by atoms with Crippen LogP contribution in [0.2, 0.25) is 0 Å². The number of amides is 2. The second-order valence-electron chi connectivity index (χ2n) is 10.7. The number of carbonyl (C=O) groups excluding carboxylic acids is 2. The molecule has 5 aromatic rings. The number of nitriles is 1. The normalized spacial score (nSPS) is 14.1. The summed E-state index contributed by atoms with van der Waals surface area (Å²) in [5.41, 5.74) is 1.73. The first-order chi connectivity index (χ1) is 24.0. The van der Waals surface area contributed by atoms with Gasteiger partial charge in [0.1, 0.15) is 11.6 Å². The predicted molar refractivity (Wildman–Crippen MR) is 189 cm³/mol. The number of rotatable bonds is 7. The van der Waals surface area contributed by atoms with Crippen molar-refractivity contribution in [3.05, 3.63) is 195 Å². The predicted octanol–water partition coefficient (Wildman–Crippen LogP) is 7.48. The molecule has 8 heteroatoms. The molecule has 0 saturated heterocycles. The van der Waals surface area contributed by atoms with Gasteiger partial charge in [-0.3, -0.25) is 19.3 Å². The molecule has 0 spiro atoms. The van der Waals surface area contributed by atoms with E-state index in [-0.39, 0.29) is 39.4 Å². The fourth-order valence-electron chi connectivity index (χ4n) is 5.66. The number of benzene rings is 4. The van der Waals surface area contributed by atoms with Crippen LogP contribution in [-0.2, 0) is 9.59 Å². The Bertz CT molecular complexity index is 2340. The van der Waals surface area contributed by atoms with Crippen LogP contribution in [-0.4, -0.2) is 21.5 Å². The van der Waals surface area contributed by atoms with E-state index in [9.17, 15) is 24.8 Å². The molecule has 6 rings (SSSR count). The highest BCUT2D eigenvalue weighted by atomic mass is 16.3. The molecule has 0 fully saturated rings. The molecule has 2 amide bonds. The summed E-state index contributed by atoms with van der Waals surface area (Å²) in [6, 6.07) is 36.7. The molecule has 234 valence electrons. The first-order valence-corrected chi connectivity index (χ1v) is 15.2. The van der Waals surface area contributed by atoms with Crippen LogP contribution in [0.15, 0.2) is 162 Å². The van der Waals surface area contributed by atoms with Crippen LogP contribution < -0.4 is 10.5 Å². The first kappa shape index (κ1) is 31.7. The number of hydrogen-bond donors (Lipinski definition) is 1. The number of nitrogens with zero attached hydrogens (tertiary/aromatic N) is 4. The number of imide groups is 1. The highest BCUT2D eigenvalue weighted by Gasteiger charge is 2.38. The van der Waals surface area contributed by atoms with Crippen LogP contribution in [0.4, 0.5) is 5.69 Å². The highest BCUT2D eigenvalue weighted by molar-refractivity contribution is 6.36. The molecular weight excluding hydrogens is 612 g/mol. The van der Waals surface area contributed by atoms with Crippen molar-refractivity contribution < 1.29 is 14.7 Å². The molecule has 0 aliphatic carbocycles. The monoisotopic (exact) mass is 638 g/mol. The molecular formula is C41H26N4O4. The maximum absolute atomic E-state index is 13.9. The van der Waals surface area contributed by atoms with Crippen LogP contribution in [0.1, 0.15) is 16.7 Å². The summed E-state index contributed by atoms with van der Waals surface area (Å²) in [7, 11) is 0. The molecule has 0 radical (unpaired) electrons. The Kier molecular flexibility index (Phi) is 9.05. The molecule has 1 aromatic heterocycles. The van der Waals surface area contributed by atoms with Crippen LogP contribution in [0, 0.1) is 17.9 Å². The summed E-state index contributed by atoms with van der Waals surface area (Å²) < 4.78 is 1.09. The van der Waals surface area contributed by atoms with Crippen molar-refractivity contribution in [1.29, 1.82) is 5.26 Å². The minimum absolute atomic E-state index is 0.138. The van der Waals surface area contributed by atoms with Crippen LogP contribution in [0.25, 0.3) is 33.3 Å². The van der Waals surface area contributed by atoms with Gasteiger partial charge in [0.25, 0.3) is 23.1 Å². The van der Waals surface area contributed by atoms with Gasteiger partial charge in [0.2, 0.25) is 5.88 Å². The van der Waals surface area contributed by atoms with Crippen LogP contribution >= 0.6 is 0 Å². The average molecular weight is 639 g/mol. The first-order valence-electron chi connectivity index (χ1n) is 15.2. The smallest absolute Gasteiger partial charge is 0.276 e. The molecule has 4 aromatic carbocycles. The van der Waals surface area contributed by atoms with Gasteiger partial charge in [-0.15, -0.1) is 0 Å². The molecule has 49 heavy (non-hydrogen) atoms. The zero-order valence-electron chi connectivity index (χ0n) is 25.9. The molecule has 0 atom stereocenters. The third kappa shape index (κ3) is 6.01. The second-order valence-corrected chi connectivity index (χ2v) is 10.7. The van der Waals surface area contributed by atoms with E-state index < -0.39 is 17.4 Å². The lowest BCUT2D eigenvalue weighted by molar-refractivity contribution is -0.122. The Morgan fingerprint density at radius 1 is 0.694 bits per heavy atom. The third-order valence-corrected chi connectivity index (χ3v) is 7.86. The van der Waals surface area contributed by atoms with Gasteiger partial charge in [-0.1, -0.05) is 121 Å². The minimum Gasteiger partial charge on any atom is -0.494 e. The van der Waals surface area contributed by atoms with Gasteiger partial charge in [-0.25, -0.2) is 9.41 Å². The molecule has 8 nitrogen and oxygen atoms in total. The summed E-state index contributed by atoms with van der Waals surface area (Å²) >= 11 is 0. The Morgan fingerprint density at radius 2 is 1.24 bits per heavy atom. The molecule has 1 aliphatic rings. The topological polar surface area (TPSA) is 108 Å². The lowest BCUT2D eigenvalue weighted by Crippen LogP contribution is -2.42. The van der Waals surface area contributed by atoms with E-state index in [1.807, 2.05) is 12.1 Å². The van der Waals surface area contributed by atoms with Crippen molar-refractivity contribution >= 4 is 29.2 Å². The number of allylic oxidation sites excluding steroid dienone is 4. The second kappa shape index (κ2) is 14.0. The highest BCUT2D eigenvalue weighted by Crippen LogP contribution is 2.37. The average Bonchev–Trinajstić information content (AvgIpc) is 3.14. The van der Waals surface area contributed by atoms with Crippen LogP contribution in [0.5, 0.6) is 5.88 Å². The van der Waals surface area contributed by atoms with E-state index in [1.165, 1.54) is 6.08 Å². The Morgan fingerprint density at radius 3 is 1.82 bits per heavy atom. The number of hydrogen-bond acceptors (Lipinski definition) is 5. The van der Waals surface area contributed by atoms with Crippen molar-refractivity contribution in [3.8, 4) is 28.8 Å². The zero-order chi connectivity index (χ0) is 34.3. The lowest BCUT2D eigenvalue weighted by atomic mass is 9.90. The van der Waals surface area contributed by atoms with Gasteiger partial charge < -0.3 is 5.11 Å². The largest absolute Gasteiger partial charge is 0.494 e. The number of aromatic hydroxyl groups is 1. The van der Waals surface area contributed by atoms with Gasteiger partial charge in [-0.05, 0) is 41.5 Å². The minimum atomic E-state index is -0.711. The van der Waals surface area contributed by atoms with Crippen LogP contribution in [0.3, 0.4) is 0 Å². The van der Waals surface area contributed by atoms with Gasteiger partial charge in [-0.2, -0.15) is 5.26 Å². The molecule has 0 unspecified atom stereocenters. The summed E-state index contributed by atoms with van der Waals surface area (Å²) in [4.78, 5) is 45.6. The van der Waals surface area contributed by atoms with Crippen molar-refractivity contribution in [2.75, 3.05) is 4.90 Å². The zero-order valence-corrected chi connectivity index (χ0v) is 25.9. The van der Waals surface area contributed by atoms with Gasteiger partial charge in [0, 0.05) is 22.3 Å². The maximum atomic E-state index is 13.9. The van der Waals surface area contributed by atoms with E-state index >= 15 is 0 Å². The Hall–Kier alpha value is -7.29. The van der Waals surface area contributed by atoms with Crippen molar-refractivity contribution in [2.45, 2.75) is 0 Å². The standard InChI is InChI=1S/C41H26N4O4/c1-43-37-36(29-19-9-3-10-20-29)33(39(47)45(41(37)49)31-23-13-5-14-24-31)26-16-6-15-25-32-35(28-17-7-2-8-18-28)34(27-42)40(48)44(38(32)46)30-21-11-4-12-22-30/h2-26,46H/b16-6?,25-15?,33-26-. The number of para-hydroxylation sites is 2. The van der Waals surface area contributed by atoms with E-state index in [0.717, 1.165) is 9.47 Å². The summed E-state index contributed by atoms with van der Waals surface area (Å²) in [6.45, 7) is 7.87. The molecule has 2 heterocycles. The lowest BCUT2D eigenvalue weighted by Gasteiger charge is -2.29. The number of pyridine rings is 1. The molecule has 1 N–H and O–H groups in total. The molecule has 0 bridgehead atoms.